The van der Waals surface area contributed by atoms with Gasteiger partial charge in [-0.25, -0.2) is 9.97 Å². The highest BCUT2D eigenvalue weighted by Crippen LogP contribution is 2.14. The first-order chi connectivity index (χ1) is 15.0. The summed E-state index contributed by atoms with van der Waals surface area (Å²) in [6.07, 6.45) is 6.28. The maximum absolute atomic E-state index is 12.3. The number of anilines is 1. The molecule has 0 radical (unpaired) electrons. The molecule has 2 aromatic rings. The van der Waals surface area contributed by atoms with Crippen molar-refractivity contribution in [3.63, 3.8) is 0 Å². The molecule has 1 atom stereocenters. The molecule has 2 rings (SSSR count). The van der Waals surface area contributed by atoms with Crippen LogP contribution in [0.1, 0.15) is 45.8 Å². The minimum absolute atomic E-state index is 0.0545. The number of benzene rings is 1. The van der Waals surface area contributed by atoms with Gasteiger partial charge in [0.2, 0.25) is 5.78 Å². The molecule has 0 aliphatic carbocycles. The summed E-state index contributed by atoms with van der Waals surface area (Å²) < 4.78 is 0. The Labute approximate surface area is 181 Å². The number of ketones is 1. The standard InChI is InChI=1S/C21H28N8O2/c1-2-6-27-21(31)15-5-3-4-14(9-15)17(11-23)29-12-16(10-22)28-13-18(30)19-20(24)26-8-7-25-19/h3-5,7-10,12,17,22,28-29H,2,6,11,13,23H2,1H3,(H2,24,26)(H,27,31)/b16-12+,22-10?. The molecule has 10 nitrogen and oxygen atoms in total. The second-order valence-corrected chi connectivity index (χ2v) is 6.65. The van der Waals surface area contributed by atoms with E-state index in [1.807, 2.05) is 13.0 Å². The van der Waals surface area contributed by atoms with Gasteiger partial charge in [-0.1, -0.05) is 19.1 Å². The molecular weight excluding hydrogens is 396 g/mol. The van der Waals surface area contributed by atoms with Crippen LogP contribution in [-0.4, -0.2) is 47.5 Å². The van der Waals surface area contributed by atoms with E-state index in [0.717, 1.165) is 18.2 Å². The number of rotatable bonds is 12. The molecule has 0 fully saturated rings. The van der Waals surface area contributed by atoms with E-state index >= 15 is 0 Å². The summed E-state index contributed by atoms with van der Waals surface area (Å²) in [6, 6.07) is 6.90. The fourth-order valence-corrected chi connectivity index (χ4v) is 2.70. The Bertz CT molecular complexity index is 944. The molecule has 1 amide bonds. The first kappa shape index (κ1) is 23.5. The van der Waals surface area contributed by atoms with Gasteiger partial charge in [-0.2, -0.15) is 0 Å². The Balaban J connectivity index is 2.03. The van der Waals surface area contributed by atoms with Gasteiger partial charge in [0.1, 0.15) is 5.69 Å². The Kier molecular flexibility index (Phi) is 9.12. The van der Waals surface area contributed by atoms with Crippen molar-refractivity contribution in [3.05, 3.63) is 65.4 Å². The van der Waals surface area contributed by atoms with E-state index in [1.165, 1.54) is 12.4 Å². The average Bonchev–Trinajstić information content (AvgIpc) is 2.80. The summed E-state index contributed by atoms with van der Waals surface area (Å²) in [4.78, 5) is 32.2. The number of Topliss-reactive ketones (excluding diaryl/α,β-unsaturated/α-hetero) is 1. The fraction of sp³-hybridized carbons (Fsp3) is 0.286. The number of carbonyl (C=O) groups is 2. The summed E-state index contributed by atoms with van der Waals surface area (Å²) in [5.74, 6) is -0.433. The van der Waals surface area contributed by atoms with Crippen molar-refractivity contribution >= 4 is 23.7 Å². The third-order valence-corrected chi connectivity index (χ3v) is 4.36. The Hall–Kier alpha value is -3.79. The Morgan fingerprint density at radius 3 is 2.68 bits per heavy atom. The molecule has 1 heterocycles. The second-order valence-electron chi connectivity index (χ2n) is 6.65. The molecule has 10 heteroatoms. The van der Waals surface area contributed by atoms with E-state index in [1.54, 1.807) is 24.4 Å². The maximum atomic E-state index is 12.3. The first-order valence-electron chi connectivity index (χ1n) is 9.88. The van der Waals surface area contributed by atoms with Crippen LogP contribution in [-0.2, 0) is 0 Å². The van der Waals surface area contributed by atoms with E-state index in [0.29, 0.717) is 17.8 Å². The smallest absolute Gasteiger partial charge is 0.251 e. The number of amides is 1. The highest BCUT2D eigenvalue weighted by molar-refractivity contribution is 5.99. The molecular formula is C21H28N8O2. The largest absolute Gasteiger partial charge is 0.382 e. The SMILES string of the molecule is CCCNC(=O)c1cccc(C(CN)N/C=C(\C=N)NCC(=O)c2nccnc2N)c1. The predicted octanol–water partition coefficient (Wildman–Crippen LogP) is 0.751. The van der Waals surface area contributed by atoms with Crippen molar-refractivity contribution in [1.82, 2.24) is 25.9 Å². The summed E-state index contributed by atoms with van der Waals surface area (Å²) in [7, 11) is 0. The Morgan fingerprint density at radius 1 is 1.23 bits per heavy atom. The van der Waals surface area contributed by atoms with E-state index in [-0.39, 0.29) is 42.3 Å². The van der Waals surface area contributed by atoms with Gasteiger partial charge >= 0.3 is 0 Å². The van der Waals surface area contributed by atoms with E-state index < -0.39 is 0 Å². The molecule has 0 saturated heterocycles. The monoisotopic (exact) mass is 424 g/mol. The lowest BCUT2D eigenvalue weighted by Crippen LogP contribution is -2.29. The number of nitrogens with one attached hydrogen (secondary N) is 4. The third-order valence-electron chi connectivity index (χ3n) is 4.36. The number of nitrogen functional groups attached to an aromatic ring is 1. The van der Waals surface area contributed by atoms with E-state index in [9.17, 15) is 9.59 Å². The molecule has 164 valence electrons. The van der Waals surface area contributed by atoms with Gasteiger partial charge < -0.3 is 32.8 Å². The van der Waals surface area contributed by atoms with Crippen LogP contribution < -0.4 is 27.4 Å². The van der Waals surface area contributed by atoms with Crippen molar-refractivity contribution < 1.29 is 9.59 Å². The average molecular weight is 425 g/mol. The molecule has 31 heavy (non-hydrogen) atoms. The topological polar surface area (TPSA) is 172 Å². The van der Waals surface area contributed by atoms with Gasteiger partial charge in [0.05, 0.1) is 18.3 Å². The number of hydrogen-bond donors (Lipinski definition) is 6. The molecule has 0 saturated carbocycles. The van der Waals surface area contributed by atoms with Crippen molar-refractivity contribution in [3.8, 4) is 0 Å². The highest BCUT2D eigenvalue weighted by atomic mass is 16.1. The van der Waals surface area contributed by atoms with Crippen molar-refractivity contribution in [2.24, 2.45) is 5.73 Å². The van der Waals surface area contributed by atoms with E-state index in [2.05, 4.69) is 25.9 Å². The van der Waals surface area contributed by atoms with Crippen LogP contribution in [0.5, 0.6) is 0 Å². The van der Waals surface area contributed by atoms with Gasteiger partial charge in [0, 0.05) is 43.5 Å². The molecule has 0 aliphatic rings. The highest BCUT2D eigenvalue weighted by Gasteiger charge is 2.13. The number of allylic oxidation sites excluding steroid dienone is 1. The third kappa shape index (κ3) is 6.89. The van der Waals surface area contributed by atoms with Crippen LogP contribution in [0.25, 0.3) is 0 Å². The van der Waals surface area contributed by atoms with Gasteiger partial charge in [-0.05, 0) is 24.1 Å². The number of nitrogens with zero attached hydrogens (tertiary/aromatic N) is 2. The summed E-state index contributed by atoms with van der Waals surface area (Å²) >= 11 is 0. The maximum Gasteiger partial charge on any atom is 0.251 e. The van der Waals surface area contributed by atoms with Gasteiger partial charge in [0.25, 0.3) is 5.91 Å². The van der Waals surface area contributed by atoms with Crippen molar-refractivity contribution in [2.75, 3.05) is 25.4 Å². The molecule has 1 aromatic heterocycles. The number of hydrogen-bond acceptors (Lipinski definition) is 9. The van der Waals surface area contributed by atoms with Crippen molar-refractivity contribution in [1.29, 1.82) is 5.41 Å². The molecule has 1 aromatic carbocycles. The van der Waals surface area contributed by atoms with E-state index in [4.69, 9.17) is 16.9 Å². The number of carbonyl (C=O) groups excluding carboxylic acids is 2. The van der Waals surface area contributed by atoms with Gasteiger partial charge in [0.15, 0.2) is 5.82 Å². The van der Waals surface area contributed by atoms with Crippen molar-refractivity contribution in [2.45, 2.75) is 19.4 Å². The number of nitrogens with two attached hydrogens (primary N) is 2. The van der Waals surface area contributed by atoms with Crippen LogP contribution in [0.3, 0.4) is 0 Å². The predicted molar refractivity (Wildman–Crippen MR) is 120 cm³/mol. The molecule has 0 aliphatic heterocycles. The first-order valence-corrected chi connectivity index (χ1v) is 9.88. The van der Waals surface area contributed by atoms with Gasteiger partial charge in [-0.3, -0.25) is 9.59 Å². The van der Waals surface area contributed by atoms with Crippen LogP contribution in [0.15, 0.2) is 48.6 Å². The molecule has 0 bridgehead atoms. The zero-order valence-corrected chi connectivity index (χ0v) is 17.4. The second kappa shape index (κ2) is 12.0. The zero-order chi connectivity index (χ0) is 22.6. The molecule has 0 spiro atoms. The van der Waals surface area contributed by atoms with Crippen LogP contribution in [0, 0.1) is 5.41 Å². The number of aromatic nitrogens is 2. The lowest BCUT2D eigenvalue weighted by Gasteiger charge is -2.18. The summed E-state index contributed by atoms with van der Waals surface area (Å²) in [5, 5.41) is 16.4. The summed E-state index contributed by atoms with van der Waals surface area (Å²) in [6.45, 7) is 2.75. The quantitative estimate of drug-likeness (QED) is 0.214. The molecule has 8 N–H and O–H groups in total. The van der Waals surface area contributed by atoms with Crippen LogP contribution in [0.2, 0.25) is 0 Å². The zero-order valence-electron chi connectivity index (χ0n) is 17.4. The van der Waals surface area contributed by atoms with Crippen LogP contribution >= 0.6 is 0 Å². The van der Waals surface area contributed by atoms with Crippen LogP contribution in [0.4, 0.5) is 5.82 Å². The minimum Gasteiger partial charge on any atom is -0.382 e. The lowest BCUT2D eigenvalue weighted by atomic mass is 10.0. The summed E-state index contributed by atoms with van der Waals surface area (Å²) in [5.41, 5.74) is 13.4. The van der Waals surface area contributed by atoms with Gasteiger partial charge in [-0.15, -0.1) is 0 Å². The minimum atomic E-state index is -0.348. The lowest BCUT2D eigenvalue weighted by molar-refractivity contribution is 0.0952. The normalized spacial score (nSPS) is 12.0. The molecule has 1 unspecified atom stereocenters. The Morgan fingerprint density at radius 2 is 2.00 bits per heavy atom. The fourth-order valence-electron chi connectivity index (χ4n) is 2.70.